The van der Waals surface area contributed by atoms with Crippen molar-refractivity contribution in [2.75, 3.05) is 6.54 Å². The Labute approximate surface area is 119 Å². The van der Waals surface area contributed by atoms with Crippen LogP contribution in [0.4, 0.5) is 4.79 Å². The van der Waals surface area contributed by atoms with E-state index in [-0.39, 0.29) is 30.8 Å². The number of imide groups is 1. The zero-order valence-electron chi connectivity index (χ0n) is 12.1. The van der Waals surface area contributed by atoms with Crippen LogP contribution in [-0.2, 0) is 9.59 Å². The van der Waals surface area contributed by atoms with Gasteiger partial charge in [-0.25, -0.2) is 4.79 Å². The SMILES string of the molecule is CCC1CCCCN1C(=O)NC(=O)CCCCC(=O)O. The third-order valence-corrected chi connectivity index (χ3v) is 3.65. The van der Waals surface area contributed by atoms with Crippen LogP contribution in [0.25, 0.3) is 0 Å². The fourth-order valence-electron chi connectivity index (χ4n) is 2.51. The average Bonchev–Trinajstić information content (AvgIpc) is 2.43. The maximum atomic E-state index is 12.0. The predicted molar refractivity (Wildman–Crippen MR) is 74.3 cm³/mol. The van der Waals surface area contributed by atoms with Gasteiger partial charge in [0.25, 0.3) is 0 Å². The lowest BCUT2D eigenvalue weighted by atomic mass is 10.0. The molecule has 0 aromatic rings. The molecule has 114 valence electrons. The second-order valence-electron chi connectivity index (χ2n) is 5.21. The van der Waals surface area contributed by atoms with Crippen molar-refractivity contribution in [3.8, 4) is 0 Å². The molecule has 6 heteroatoms. The van der Waals surface area contributed by atoms with Crippen LogP contribution in [0.15, 0.2) is 0 Å². The first kappa shape index (κ1) is 16.5. The molecule has 0 spiro atoms. The molecule has 0 aliphatic carbocycles. The maximum absolute atomic E-state index is 12.0. The van der Waals surface area contributed by atoms with E-state index in [1.165, 1.54) is 0 Å². The van der Waals surface area contributed by atoms with Gasteiger partial charge in [-0.3, -0.25) is 14.9 Å². The number of carboxylic acids is 1. The number of carbonyl (C=O) groups is 3. The molecule has 0 radical (unpaired) electrons. The van der Waals surface area contributed by atoms with Crippen molar-refractivity contribution in [1.82, 2.24) is 10.2 Å². The molecule has 1 rings (SSSR count). The molecule has 1 heterocycles. The molecular formula is C14H24N2O4. The van der Waals surface area contributed by atoms with Crippen LogP contribution in [0, 0.1) is 0 Å². The number of unbranched alkanes of at least 4 members (excludes halogenated alkanes) is 1. The Hall–Kier alpha value is -1.59. The normalized spacial score (nSPS) is 18.6. The summed E-state index contributed by atoms with van der Waals surface area (Å²) in [6.45, 7) is 2.75. The van der Waals surface area contributed by atoms with Gasteiger partial charge in [0.2, 0.25) is 5.91 Å². The van der Waals surface area contributed by atoms with Gasteiger partial charge in [0.1, 0.15) is 0 Å². The minimum absolute atomic E-state index is 0.0608. The lowest BCUT2D eigenvalue weighted by molar-refractivity contribution is -0.137. The number of urea groups is 1. The number of nitrogens with one attached hydrogen (secondary N) is 1. The van der Waals surface area contributed by atoms with Crippen molar-refractivity contribution < 1.29 is 19.5 Å². The number of carbonyl (C=O) groups excluding carboxylic acids is 2. The van der Waals surface area contributed by atoms with Crippen LogP contribution < -0.4 is 5.32 Å². The lowest BCUT2D eigenvalue weighted by Crippen LogP contribution is -2.49. The first-order chi connectivity index (χ1) is 9.54. The molecule has 3 amide bonds. The summed E-state index contributed by atoms with van der Waals surface area (Å²) in [5, 5.41) is 10.9. The van der Waals surface area contributed by atoms with Gasteiger partial charge in [0.05, 0.1) is 0 Å². The highest BCUT2D eigenvalue weighted by molar-refractivity contribution is 5.94. The van der Waals surface area contributed by atoms with Crippen molar-refractivity contribution in [1.29, 1.82) is 0 Å². The summed E-state index contributed by atoms with van der Waals surface area (Å²) >= 11 is 0. The molecule has 0 saturated carbocycles. The minimum atomic E-state index is -0.861. The number of amides is 3. The summed E-state index contributed by atoms with van der Waals surface area (Å²) in [6, 6.07) is -0.0802. The van der Waals surface area contributed by atoms with E-state index in [2.05, 4.69) is 5.32 Å². The Balaban J connectivity index is 2.29. The van der Waals surface area contributed by atoms with E-state index >= 15 is 0 Å². The number of likely N-dealkylation sites (tertiary alicyclic amines) is 1. The monoisotopic (exact) mass is 284 g/mol. The Bertz CT molecular complexity index is 357. The van der Waals surface area contributed by atoms with E-state index in [0.29, 0.717) is 19.4 Å². The van der Waals surface area contributed by atoms with Crippen molar-refractivity contribution >= 4 is 17.9 Å². The Morgan fingerprint density at radius 2 is 1.90 bits per heavy atom. The number of nitrogens with zero attached hydrogens (tertiary/aromatic N) is 1. The second kappa shape index (κ2) is 8.55. The lowest BCUT2D eigenvalue weighted by Gasteiger charge is -2.34. The summed E-state index contributed by atoms with van der Waals surface area (Å²) in [4.78, 5) is 35.7. The highest BCUT2D eigenvalue weighted by Crippen LogP contribution is 2.19. The minimum Gasteiger partial charge on any atom is -0.481 e. The summed E-state index contributed by atoms with van der Waals surface area (Å²) in [6.07, 6.45) is 5.22. The molecule has 1 aliphatic rings. The Morgan fingerprint density at radius 1 is 1.20 bits per heavy atom. The molecule has 0 aromatic carbocycles. The zero-order valence-corrected chi connectivity index (χ0v) is 12.1. The van der Waals surface area contributed by atoms with Crippen LogP contribution in [0.5, 0.6) is 0 Å². The van der Waals surface area contributed by atoms with Crippen LogP contribution >= 0.6 is 0 Å². The third-order valence-electron chi connectivity index (χ3n) is 3.65. The van der Waals surface area contributed by atoms with Crippen LogP contribution in [0.3, 0.4) is 0 Å². The van der Waals surface area contributed by atoms with E-state index in [9.17, 15) is 14.4 Å². The van der Waals surface area contributed by atoms with E-state index in [4.69, 9.17) is 5.11 Å². The molecule has 1 fully saturated rings. The summed E-state index contributed by atoms with van der Waals surface area (Å²) in [5.74, 6) is -1.18. The largest absolute Gasteiger partial charge is 0.481 e. The van der Waals surface area contributed by atoms with Gasteiger partial charge in [0.15, 0.2) is 0 Å². The van der Waals surface area contributed by atoms with E-state index in [0.717, 1.165) is 25.7 Å². The van der Waals surface area contributed by atoms with Crippen molar-refractivity contribution in [2.24, 2.45) is 0 Å². The van der Waals surface area contributed by atoms with E-state index < -0.39 is 5.97 Å². The average molecular weight is 284 g/mol. The van der Waals surface area contributed by atoms with Gasteiger partial charge in [-0.05, 0) is 38.5 Å². The van der Waals surface area contributed by atoms with Crippen molar-refractivity contribution in [3.63, 3.8) is 0 Å². The summed E-state index contributed by atoms with van der Waals surface area (Å²) in [5.41, 5.74) is 0. The van der Waals surface area contributed by atoms with Gasteiger partial charge < -0.3 is 10.0 Å². The molecule has 1 saturated heterocycles. The molecule has 1 atom stereocenters. The first-order valence-corrected chi connectivity index (χ1v) is 7.36. The standard InChI is InChI=1S/C14H24N2O4/c1-2-11-7-5-6-10-16(11)14(20)15-12(17)8-3-4-9-13(18)19/h11H,2-10H2,1H3,(H,18,19)(H,15,17,20). The van der Waals surface area contributed by atoms with E-state index in [1.807, 2.05) is 6.92 Å². The van der Waals surface area contributed by atoms with E-state index in [1.54, 1.807) is 4.90 Å². The number of carboxylic acid groups (broad SMARTS) is 1. The fraction of sp³-hybridized carbons (Fsp3) is 0.786. The first-order valence-electron chi connectivity index (χ1n) is 7.36. The number of aliphatic carboxylic acids is 1. The summed E-state index contributed by atoms with van der Waals surface area (Å²) < 4.78 is 0. The molecule has 0 bridgehead atoms. The second-order valence-corrected chi connectivity index (χ2v) is 5.21. The fourth-order valence-corrected chi connectivity index (χ4v) is 2.51. The topological polar surface area (TPSA) is 86.7 Å². The Kier molecular flexibility index (Phi) is 7.04. The van der Waals surface area contributed by atoms with Crippen LogP contribution in [-0.4, -0.2) is 40.5 Å². The quantitative estimate of drug-likeness (QED) is 0.731. The van der Waals surface area contributed by atoms with Gasteiger partial charge in [-0.15, -0.1) is 0 Å². The van der Waals surface area contributed by atoms with Gasteiger partial charge >= 0.3 is 12.0 Å². The molecule has 6 nitrogen and oxygen atoms in total. The predicted octanol–water partition coefficient (Wildman–Crippen LogP) is 2.13. The van der Waals surface area contributed by atoms with Gasteiger partial charge in [-0.1, -0.05) is 6.92 Å². The third kappa shape index (κ3) is 5.59. The molecule has 0 aromatic heterocycles. The zero-order chi connectivity index (χ0) is 15.0. The van der Waals surface area contributed by atoms with Crippen molar-refractivity contribution in [2.45, 2.75) is 64.3 Å². The smallest absolute Gasteiger partial charge is 0.324 e. The summed E-state index contributed by atoms with van der Waals surface area (Å²) in [7, 11) is 0. The molecule has 1 unspecified atom stereocenters. The number of hydrogen-bond donors (Lipinski definition) is 2. The molecular weight excluding hydrogens is 260 g/mol. The van der Waals surface area contributed by atoms with Crippen LogP contribution in [0.1, 0.15) is 58.3 Å². The van der Waals surface area contributed by atoms with Gasteiger partial charge in [0, 0.05) is 25.4 Å². The number of rotatable bonds is 6. The molecule has 20 heavy (non-hydrogen) atoms. The highest BCUT2D eigenvalue weighted by atomic mass is 16.4. The number of hydrogen-bond acceptors (Lipinski definition) is 3. The number of piperidine rings is 1. The van der Waals surface area contributed by atoms with Crippen molar-refractivity contribution in [3.05, 3.63) is 0 Å². The highest BCUT2D eigenvalue weighted by Gasteiger charge is 2.26. The molecule has 1 aliphatic heterocycles. The van der Waals surface area contributed by atoms with Crippen LogP contribution in [0.2, 0.25) is 0 Å². The Morgan fingerprint density at radius 3 is 2.55 bits per heavy atom. The molecule has 2 N–H and O–H groups in total. The van der Waals surface area contributed by atoms with Gasteiger partial charge in [-0.2, -0.15) is 0 Å². The maximum Gasteiger partial charge on any atom is 0.324 e.